The van der Waals surface area contributed by atoms with E-state index in [1.165, 1.54) is 4.31 Å². The van der Waals surface area contributed by atoms with E-state index in [4.69, 9.17) is 0 Å². The SMILES string of the molecule is CCCNCc1ccc(Br)c(S(=O)(=O)N(C)C(C)CC)c1. The maximum Gasteiger partial charge on any atom is 0.244 e. The maximum atomic E-state index is 12.7. The van der Waals surface area contributed by atoms with Crippen LogP contribution in [0.3, 0.4) is 0 Å². The van der Waals surface area contributed by atoms with Crippen molar-refractivity contribution in [2.45, 2.75) is 51.1 Å². The molecule has 0 aliphatic rings. The molecule has 1 aromatic rings. The van der Waals surface area contributed by atoms with Gasteiger partial charge < -0.3 is 5.32 Å². The van der Waals surface area contributed by atoms with E-state index in [1.807, 2.05) is 19.9 Å². The zero-order chi connectivity index (χ0) is 16.0. The summed E-state index contributed by atoms with van der Waals surface area (Å²) in [7, 11) is -1.84. The Morgan fingerprint density at radius 3 is 2.57 bits per heavy atom. The molecule has 0 saturated heterocycles. The largest absolute Gasteiger partial charge is 0.313 e. The molecule has 4 nitrogen and oxygen atoms in total. The van der Waals surface area contributed by atoms with Gasteiger partial charge in [0.1, 0.15) is 0 Å². The van der Waals surface area contributed by atoms with Gasteiger partial charge in [0, 0.05) is 24.1 Å². The first-order valence-electron chi connectivity index (χ1n) is 7.31. The molecule has 0 aliphatic carbocycles. The van der Waals surface area contributed by atoms with E-state index in [0.29, 0.717) is 15.9 Å². The third kappa shape index (κ3) is 4.77. The van der Waals surface area contributed by atoms with Crippen molar-refractivity contribution in [1.82, 2.24) is 9.62 Å². The van der Waals surface area contributed by atoms with Crippen LogP contribution < -0.4 is 5.32 Å². The van der Waals surface area contributed by atoms with Crippen LogP contribution in [-0.4, -0.2) is 32.4 Å². The van der Waals surface area contributed by atoms with Crippen LogP contribution in [0.2, 0.25) is 0 Å². The smallest absolute Gasteiger partial charge is 0.244 e. The van der Waals surface area contributed by atoms with Gasteiger partial charge in [0.05, 0.1) is 4.90 Å². The Balaban J connectivity index is 3.08. The Morgan fingerprint density at radius 1 is 1.33 bits per heavy atom. The van der Waals surface area contributed by atoms with E-state index in [-0.39, 0.29) is 6.04 Å². The zero-order valence-electron chi connectivity index (χ0n) is 13.2. The summed E-state index contributed by atoms with van der Waals surface area (Å²) in [6, 6.07) is 5.47. The summed E-state index contributed by atoms with van der Waals surface area (Å²) in [6.07, 6.45) is 1.84. The minimum absolute atomic E-state index is 0.0243. The Hall–Kier alpha value is -0.430. The first kappa shape index (κ1) is 18.6. The van der Waals surface area contributed by atoms with Crippen LogP contribution in [0, 0.1) is 0 Å². The van der Waals surface area contributed by atoms with Crippen LogP contribution in [0.5, 0.6) is 0 Å². The highest BCUT2D eigenvalue weighted by atomic mass is 79.9. The summed E-state index contributed by atoms with van der Waals surface area (Å²) >= 11 is 3.36. The molecule has 120 valence electrons. The predicted molar refractivity (Wildman–Crippen MR) is 90.8 cm³/mol. The topological polar surface area (TPSA) is 49.4 Å². The van der Waals surface area contributed by atoms with Crippen LogP contribution in [0.15, 0.2) is 27.6 Å². The molecule has 0 aliphatic heterocycles. The van der Waals surface area contributed by atoms with Gasteiger partial charge in [0.2, 0.25) is 10.0 Å². The molecule has 1 aromatic carbocycles. The van der Waals surface area contributed by atoms with Gasteiger partial charge in [-0.1, -0.05) is 19.9 Å². The van der Waals surface area contributed by atoms with Crippen molar-refractivity contribution < 1.29 is 8.42 Å². The number of hydrogen-bond acceptors (Lipinski definition) is 3. The van der Waals surface area contributed by atoms with Crippen LogP contribution >= 0.6 is 15.9 Å². The van der Waals surface area contributed by atoms with Crippen LogP contribution in [0.4, 0.5) is 0 Å². The van der Waals surface area contributed by atoms with Crippen molar-refractivity contribution >= 4 is 26.0 Å². The van der Waals surface area contributed by atoms with Crippen LogP contribution in [-0.2, 0) is 16.6 Å². The van der Waals surface area contributed by atoms with Gasteiger partial charge >= 0.3 is 0 Å². The summed E-state index contributed by atoms with van der Waals surface area (Å²) < 4.78 is 27.5. The van der Waals surface area contributed by atoms with Gasteiger partial charge in [-0.15, -0.1) is 0 Å². The third-order valence-corrected chi connectivity index (χ3v) is 6.59. The number of hydrogen-bond donors (Lipinski definition) is 1. The fourth-order valence-corrected chi connectivity index (χ4v) is 4.32. The van der Waals surface area contributed by atoms with E-state index < -0.39 is 10.0 Å². The molecule has 0 spiro atoms. The number of rotatable bonds is 8. The lowest BCUT2D eigenvalue weighted by molar-refractivity contribution is 0.380. The van der Waals surface area contributed by atoms with Crippen molar-refractivity contribution in [3.8, 4) is 0 Å². The highest BCUT2D eigenvalue weighted by Crippen LogP contribution is 2.27. The summed E-state index contributed by atoms with van der Waals surface area (Å²) in [6.45, 7) is 7.60. The second-order valence-electron chi connectivity index (χ2n) is 5.22. The molecule has 0 radical (unpaired) electrons. The maximum absolute atomic E-state index is 12.7. The Morgan fingerprint density at radius 2 is 2.00 bits per heavy atom. The van der Waals surface area contributed by atoms with Gasteiger partial charge in [-0.25, -0.2) is 8.42 Å². The standard InChI is InChI=1S/C15H25BrN2O2S/c1-5-9-17-11-13-7-8-14(16)15(10-13)21(19,20)18(4)12(3)6-2/h7-8,10,12,17H,5-6,9,11H2,1-4H3. The highest BCUT2D eigenvalue weighted by Gasteiger charge is 2.26. The lowest BCUT2D eigenvalue weighted by atomic mass is 10.2. The second-order valence-corrected chi connectivity index (χ2v) is 8.04. The number of nitrogens with zero attached hydrogens (tertiary/aromatic N) is 1. The van der Waals surface area contributed by atoms with Crippen molar-refractivity contribution in [3.63, 3.8) is 0 Å². The van der Waals surface area contributed by atoms with Crippen LogP contribution in [0.25, 0.3) is 0 Å². The molecule has 1 rings (SSSR count). The van der Waals surface area contributed by atoms with Gasteiger partial charge in [-0.05, 0) is 59.9 Å². The van der Waals surface area contributed by atoms with Crippen molar-refractivity contribution in [3.05, 3.63) is 28.2 Å². The van der Waals surface area contributed by atoms with Crippen LogP contribution in [0.1, 0.15) is 39.2 Å². The molecular formula is C15H25BrN2O2S. The first-order valence-corrected chi connectivity index (χ1v) is 9.55. The molecule has 0 aromatic heterocycles. The Bertz CT molecular complexity index is 561. The average Bonchev–Trinajstić information content (AvgIpc) is 2.47. The lowest BCUT2D eigenvalue weighted by Crippen LogP contribution is -2.34. The van der Waals surface area contributed by atoms with Crippen molar-refractivity contribution in [2.75, 3.05) is 13.6 Å². The second kappa shape index (κ2) is 8.27. The molecule has 1 atom stereocenters. The molecule has 0 heterocycles. The van der Waals surface area contributed by atoms with E-state index >= 15 is 0 Å². The summed E-state index contributed by atoms with van der Waals surface area (Å²) in [5.41, 5.74) is 0.975. The molecule has 0 fully saturated rings. The molecular weight excluding hydrogens is 352 g/mol. The molecule has 0 saturated carbocycles. The Labute approximate surface area is 137 Å². The number of benzene rings is 1. The van der Waals surface area contributed by atoms with E-state index in [0.717, 1.165) is 24.9 Å². The fraction of sp³-hybridized carbons (Fsp3) is 0.600. The molecule has 1 N–H and O–H groups in total. The summed E-state index contributed by atoms with van der Waals surface area (Å²) in [4.78, 5) is 0.334. The predicted octanol–water partition coefficient (Wildman–Crippen LogP) is 3.37. The van der Waals surface area contributed by atoms with Gasteiger partial charge in [-0.2, -0.15) is 4.31 Å². The fourth-order valence-electron chi connectivity index (χ4n) is 1.91. The molecule has 0 amide bonds. The zero-order valence-corrected chi connectivity index (χ0v) is 15.6. The normalized spacial score (nSPS) is 13.6. The van der Waals surface area contributed by atoms with Gasteiger partial charge in [-0.3, -0.25) is 0 Å². The van der Waals surface area contributed by atoms with Crippen molar-refractivity contribution in [2.24, 2.45) is 0 Å². The Kier molecular flexibility index (Phi) is 7.33. The monoisotopic (exact) mass is 376 g/mol. The highest BCUT2D eigenvalue weighted by molar-refractivity contribution is 9.10. The summed E-state index contributed by atoms with van der Waals surface area (Å²) in [5.74, 6) is 0. The molecule has 21 heavy (non-hydrogen) atoms. The van der Waals surface area contributed by atoms with E-state index in [1.54, 1.807) is 19.2 Å². The minimum Gasteiger partial charge on any atom is -0.313 e. The lowest BCUT2D eigenvalue weighted by Gasteiger charge is -2.24. The molecule has 0 bridgehead atoms. The quantitative estimate of drug-likeness (QED) is 0.707. The number of nitrogens with one attached hydrogen (secondary N) is 1. The first-order chi connectivity index (χ1) is 9.84. The van der Waals surface area contributed by atoms with E-state index in [9.17, 15) is 8.42 Å². The number of halogens is 1. The van der Waals surface area contributed by atoms with Gasteiger partial charge in [0.15, 0.2) is 0 Å². The van der Waals surface area contributed by atoms with Crippen molar-refractivity contribution in [1.29, 1.82) is 0 Å². The summed E-state index contributed by atoms with van der Waals surface area (Å²) in [5, 5.41) is 3.29. The molecule has 1 unspecified atom stereocenters. The number of sulfonamides is 1. The van der Waals surface area contributed by atoms with Gasteiger partial charge in [0.25, 0.3) is 0 Å². The van der Waals surface area contributed by atoms with E-state index in [2.05, 4.69) is 28.2 Å². The third-order valence-electron chi connectivity index (χ3n) is 3.62. The average molecular weight is 377 g/mol. The minimum atomic E-state index is -3.48. The molecule has 6 heteroatoms.